The second-order valence-electron chi connectivity index (χ2n) is 5.37. The van der Waals surface area contributed by atoms with Gasteiger partial charge in [0.05, 0.1) is 5.56 Å². The van der Waals surface area contributed by atoms with E-state index in [1.165, 1.54) is 0 Å². The van der Waals surface area contributed by atoms with Gasteiger partial charge in [0, 0.05) is 6.07 Å². The molecule has 0 aromatic heterocycles. The normalized spacial score (nSPS) is 12.7. The van der Waals surface area contributed by atoms with Gasteiger partial charge in [-0.05, 0) is 35.4 Å². The van der Waals surface area contributed by atoms with E-state index in [-0.39, 0.29) is 11.3 Å². The molecule has 0 radical (unpaired) electrons. The Labute approximate surface area is 138 Å². The molecule has 4 rings (SSSR count). The lowest BCUT2D eigenvalue weighted by atomic mass is 10.1. The number of benzene rings is 3. The van der Waals surface area contributed by atoms with Gasteiger partial charge in [0.1, 0.15) is 17.2 Å². The molecule has 3 aromatic rings. The number of hydrogen-bond acceptors (Lipinski definition) is 4. The van der Waals surface area contributed by atoms with E-state index in [9.17, 15) is 9.59 Å². The van der Waals surface area contributed by atoms with Gasteiger partial charge in [0.2, 0.25) is 0 Å². The standard InChI is InChI=1S/C20H12O4/c21-19-17-10-9-16(12-18(17)24-20(19)22)23-15-8-4-7-14(11-15)13-5-2-1-3-6-13/h1-12H. The molecule has 0 unspecified atom stereocenters. The Morgan fingerprint density at radius 1 is 0.708 bits per heavy atom. The zero-order valence-electron chi connectivity index (χ0n) is 12.6. The molecular weight excluding hydrogens is 304 g/mol. The van der Waals surface area contributed by atoms with E-state index in [0.29, 0.717) is 11.5 Å². The molecule has 0 spiro atoms. The average molecular weight is 316 g/mol. The maximum Gasteiger partial charge on any atom is 0.385 e. The molecule has 0 amide bonds. The molecule has 0 N–H and O–H groups in total. The summed E-state index contributed by atoms with van der Waals surface area (Å²) in [5.74, 6) is -0.0778. The zero-order chi connectivity index (χ0) is 16.5. The van der Waals surface area contributed by atoms with Gasteiger partial charge in [0.15, 0.2) is 0 Å². The Kier molecular flexibility index (Phi) is 3.35. The summed E-state index contributed by atoms with van der Waals surface area (Å²) in [5, 5.41) is 0. The minimum atomic E-state index is -0.853. The summed E-state index contributed by atoms with van der Waals surface area (Å²) >= 11 is 0. The molecule has 0 aliphatic carbocycles. The predicted octanol–water partition coefficient (Wildman–Crippen LogP) is 4.25. The Balaban J connectivity index is 1.62. The van der Waals surface area contributed by atoms with Crippen molar-refractivity contribution in [2.45, 2.75) is 0 Å². The van der Waals surface area contributed by atoms with Crippen molar-refractivity contribution in [3.63, 3.8) is 0 Å². The zero-order valence-corrected chi connectivity index (χ0v) is 12.6. The van der Waals surface area contributed by atoms with Crippen molar-refractivity contribution in [1.82, 2.24) is 0 Å². The van der Waals surface area contributed by atoms with E-state index in [1.807, 2.05) is 54.6 Å². The summed E-state index contributed by atoms with van der Waals surface area (Å²) in [4.78, 5) is 22.8. The maximum atomic E-state index is 11.6. The van der Waals surface area contributed by atoms with E-state index in [1.54, 1.807) is 18.2 Å². The van der Waals surface area contributed by atoms with Gasteiger partial charge in [-0.15, -0.1) is 0 Å². The molecule has 3 aromatic carbocycles. The number of hydrogen-bond donors (Lipinski definition) is 0. The number of esters is 1. The monoisotopic (exact) mass is 316 g/mol. The number of carbonyl (C=O) groups excluding carboxylic acids is 2. The first-order valence-corrected chi connectivity index (χ1v) is 7.44. The van der Waals surface area contributed by atoms with Gasteiger partial charge in [-0.2, -0.15) is 0 Å². The molecule has 0 saturated heterocycles. The topological polar surface area (TPSA) is 52.6 Å². The summed E-state index contributed by atoms with van der Waals surface area (Å²) in [7, 11) is 0. The molecule has 1 aliphatic rings. The maximum absolute atomic E-state index is 11.6. The first-order chi connectivity index (χ1) is 11.7. The summed E-state index contributed by atoms with van der Waals surface area (Å²) in [6.45, 7) is 0. The lowest BCUT2D eigenvalue weighted by molar-refractivity contribution is -0.128. The first kappa shape index (κ1) is 14.2. The summed E-state index contributed by atoms with van der Waals surface area (Å²) in [6, 6.07) is 22.4. The van der Waals surface area contributed by atoms with Crippen molar-refractivity contribution in [3.8, 4) is 28.4 Å². The fourth-order valence-electron chi connectivity index (χ4n) is 2.60. The van der Waals surface area contributed by atoms with Crippen LogP contribution in [0.1, 0.15) is 10.4 Å². The first-order valence-electron chi connectivity index (χ1n) is 7.44. The van der Waals surface area contributed by atoms with Crippen LogP contribution in [0.2, 0.25) is 0 Å². The quantitative estimate of drug-likeness (QED) is 0.412. The molecule has 0 saturated carbocycles. The molecule has 0 bridgehead atoms. The highest BCUT2D eigenvalue weighted by molar-refractivity contribution is 6.44. The third-order valence-electron chi connectivity index (χ3n) is 3.76. The van der Waals surface area contributed by atoms with Gasteiger partial charge in [0.25, 0.3) is 5.78 Å². The Morgan fingerprint density at radius 2 is 1.46 bits per heavy atom. The van der Waals surface area contributed by atoms with Crippen LogP contribution in [0.4, 0.5) is 0 Å². The third kappa shape index (κ3) is 2.54. The molecule has 1 aliphatic heterocycles. The second kappa shape index (κ2) is 5.66. The van der Waals surface area contributed by atoms with Gasteiger partial charge in [-0.3, -0.25) is 4.79 Å². The number of ketones is 1. The summed E-state index contributed by atoms with van der Waals surface area (Å²) in [5.41, 5.74) is 2.40. The fraction of sp³-hybridized carbons (Fsp3) is 0. The number of Topliss-reactive ketones (excluding diaryl/α,β-unsaturated/α-hetero) is 1. The predicted molar refractivity (Wildman–Crippen MR) is 88.4 cm³/mol. The highest BCUT2D eigenvalue weighted by Crippen LogP contribution is 2.33. The van der Waals surface area contributed by atoms with Gasteiger partial charge >= 0.3 is 5.97 Å². The van der Waals surface area contributed by atoms with E-state index < -0.39 is 11.8 Å². The number of fused-ring (bicyclic) bond motifs is 1. The van der Waals surface area contributed by atoms with Crippen LogP contribution in [0.25, 0.3) is 11.1 Å². The minimum Gasteiger partial charge on any atom is -0.457 e. The van der Waals surface area contributed by atoms with E-state index in [0.717, 1.165) is 11.1 Å². The van der Waals surface area contributed by atoms with Gasteiger partial charge in [-0.25, -0.2) is 4.79 Å². The van der Waals surface area contributed by atoms with Crippen molar-refractivity contribution < 1.29 is 19.1 Å². The highest BCUT2D eigenvalue weighted by atomic mass is 16.5. The van der Waals surface area contributed by atoms with E-state index in [4.69, 9.17) is 9.47 Å². The number of rotatable bonds is 3. The van der Waals surface area contributed by atoms with Crippen molar-refractivity contribution in [1.29, 1.82) is 0 Å². The Morgan fingerprint density at radius 3 is 2.29 bits per heavy atom. The number of ether oxygens (including phenoxy) is 2. The smallest absolute Gasteiger partial charge is 0.385 e. The molecular formula is C20H12O4. The molecule has 4 heteroatoms. The molecule has 24 heavy (non-hydrogen) atoms. The summed E-state index contributed by atoms with van der Waals surface area (Å²) in [6.07, 6.45) is 0. The van der Waals surface area contributed by atoms with Crippen LogP contribution in [-0.2, 0) is 4.79 Å². The van der Waals surface area contributed by atoms with Crippen LogP contribution in [0, 0.1) is 0 Å². The summed E-state index contributed by atoms with van der Waals surface area (Å²) < 4.78 is 10.8. The third-order valence-corrected chi connectivity index (χ3v) is 3.76. The average Bonchev–Trinajstić information content (AvgIpc) is 2.90. The SMILES string of the molecule is O=C1Oc2cc(Oc3cccc(-c4ccccc4)c3)ccc2C1=O. The van der Waals surface area contributed by atoms with Crippen LogP contribution >= 0.6 is 0 Å². The van der Waals surface area contributed by atoms with Gasteiger partial charge < -0.3 is 9.47 Å². The van der Waals surface area contributed by atoms with E-state index >= 15 is 0 Å². The van der Waals surface area contributed by atoms with Crippen molar-refractivity contribution in [2.24, 2.45) is 0 Å². The largest absolute Gasteiger partial charge is 0.457 e. The fourth-order valence-corrected chi connectivity index (χ4v) is 2.60. The Hall–Kier alpha value is -3.40. The highest BCUT2D eigenvalue weighted by Gasteiger charge is 2.31. The van der Waals surface area contributed by atoms with Crippen LogP contribution < -0.4 is 9.47 Å². The Bertz CT molecular complexity index is 945. The van der Waals surface area contributed by atoms with Crippen LogP contribution in [0.15, 0.2) is 72.8 Å². The lowest BCUT2D eigenvalue weighted by Crippen LogP contribution is -2.10. The van der Waals surface area contributed by atoms with Crippen LogP contribution in [-0.4, -0.2) is 11.8 Å². The van der Waals surface area contributed by atoms with Crippen molar-refractivity contribution in [2.75, 3.05) is 0 Å². The number of carbonyl (C=O) groups is 2. The second-order valence-corrected chi connectivity index (χ2v) is 5.37. The van der Waals surface area contributed by atoms with E-state index in [2.05, 4.69) is 0 Å². The molecule has 116 valence electrons. The molecule has 0 fully saturated rings. The van der Waals surface area contributed by atoms with Gasteiger partial charge in [-0.1, -0.05) is 42.5 Å². The lowest BCUT2D eigenvalue weighted by Gasteiger charge is -2.08. The van der Waals surface area contributed by atoms with Crippen molar-refractivity contribution >= 4 is 11.8 Å². The molecule has 0 atom stereocenters. The molecule has 4 nitrogen and oxygen atoms in total. The minimum absolute atomic E-state index is 0.238. The molecule has 1 heterocycles. The van der Waals surface area contributed by atoms with Crippen LogP contribution in [0.5, 0.6) is 17.2 Å². The van der Waals surface area contributed by atoms with Crippen molar-refractivity contribution in [3.05, 3.63) is 78.4 Å². The van der Waals surface area contributed by atoms with Crippen LogP contribution in [0.3, 0.4) is 0 Å².